The summed E-state index contributed by atoms with van der Waals surface area (Å²) in [6.07, 6.45) is 21.1. The molecule has 0 N–H and O–H groups in total. The molecule has 0 aromatic carbocycles. The number of hydrogen-bond acceptors (Lipinski definition) is 2. The van der Waals surface area contributed by atoms with Crippen molar-refractivity contribution >= 4 is 8.32 Å². The average molecular weight is 543 g/mol. The molecule has 38 heavy (non-hydrogen) atoms. The summed E-state index contributed by atoms with van der Waals surface area (Å²) in [6, 6.07) is 0. The van der Waals surface area contributed by atoms with Gasteiger partial charge < -0.3 is 9.16 Å². The van der Waals surface area contributed by atoms with Crippen LogP contribution in [0.1, 0.15) is 126 Å². The smallest absolute Gasteiger partial charge is 0.192 e. The molecule has 0 heterocycles. The largest absolute Gasteiger partial charge is 0.414 e. The Morgan fingerprint density at radius 2 is 1.74 bits per heavy atom. The van der Waals surface area contributed by atoms with Crippen LogP contribution in [0.15, 0.2) is 23.3 Å². The van der Waals surface area contributed by atoms with Crippen molar-refractivity contribution in [2.24, 2.45) is 35.0 Å². The molecular formula is C35H62O2Si. The molecule has 4 aliphatic rings. The number of methoxy groups -OCH3 is 1. The Hall–Kier alpha value is -0.383. The van der Waals surface area contributed by atoms with Crippen molar-refractivity contribution in [2.45, 2.75) is 155 Å². The third-order valence-electron chi connectivity index (χ3n) is 12.4. The fraction of sp³-hybridized carbons (Fsp3) is 0.886. The average Bonchev–Trinajstić information content (AvgIpc) is 3.21. The maximum atomic E-state index is 6.78. The Balaban J connectivity index is 1.44. The first-order valence-electron chi connectivity index (χ1n) is 16.3. The second kappa shape index (κ2) is 11.5. The van der Waals surface area contributed by atoms with Crippen molar-refractivity contribution in [3.8, 4) is 0 Å². The predicted molar refractivity (Wildman–Crippen MR) is 166 cm³/mol. The van der Waals surface area contributed by atoms with E-state index in [1.165, 1.54) is 64.2 Å². The van der Waals surface area contributed by atoms with E-state index >= 15 is 0 Å². The number of allylic oxidation sites excluding steroid dienone is 2. The molecule has 0 bridgehead atoms. The summed E-state index contributed by atoms with van der Waals surface area (Å²) in [7, 11) is 0.342. The third kappa shape index (κ3) is 5.82. The minimum atomic E-state index is -1.70. The van der Waals surface area contributed by atoms with Crippen LogP contribution in [0.2, 0.25) is 18.1 Å². The van der Waals surface area contributed by atoms with Gasteiger partial charge in [-0.3, -0.25) is 0 Å². The van der Waals surface area contributed by atoms with Crippen molar-refractivity contribution in [1.82, 2.24) is 0 Å². The summed E-state index contributed by atoms with van der Waals surface area (Å²) in [5, 5.41) is 0.285. The van der Waals surface area contributed by atoms with Gasteiger partial charge >= 0.3 is 0 Å². The molecule has 0 aliphatic heterocycles. The Morgan fingerprint density at radius 1 is 1.00 bits per heavy atom. The van der Waals surface area contributed by atoms with Gasteiger partial charge in [0.05, 0.1) is 5.60 Å². The van der Waals surface area contributed by atoms with Crippen LogP contribution in [0.4, 0.5) is 0 Å². The third-order valence-corrected chi connectivity index (χ3v) is 16.9. The van der Waals surface area contributed by atoms with Crippen molar-refractivity contribution in [1.29, 1.82) is 0 Å². The van der Waals surface area contributed by atoms with Gasteiger partial charge in [-0.1, -0.05) is 79.9 Å². The van der Waals surface area contributed by atoms with E-state index in [0.29, 0.717) is 17.4 Å². The SMILES string of the molecule is CO[C@@]12CC=C(C3=CCC(O[Si](C)(C)C(C)(C)C)CC3)C[C@@H]1CC[C@]1(C)[C@@H]([C@H](C)CCCC(C)C)CC[C@H]12. The lowest BCUT2D eigenvalue weighted by Crippen LogP contribution is -2.57. The maximum Gasteiger partial charge on any atom is 0.192 e. The van der Waals surface area contributed by atoms with Crippen LogP contribution in [0.5, 0.6) is 0 Å². The molecular weight excluding hydrogens is 480 g/mol. The van der Waals surface area contributed by atoms with Gasteiger partial charge in [-0.05, 0) is 122 Å². The van der Waals surface area contributed by atoms with E-state index in [4.69, 9.17) is 9.16 Å². The van der Waals surface area contributed by atoms with Crippen molar-refractivity contribution in [3.05, 3.63) is 23.3 Å². The van der Waals surface area contributed by atoms with Gasteiger partial charge in [0.1, 0.15) is 0 Å². The van der Waals surface area contributed by atoms with E-state index in [1.807, 2.05) is 7.11 Å². The first kappa shape index (κ1) is 30.6. The van der Waals surface area contributed by atoms with Crippen LogP contribution in [0, 0.1) is 35.0 Å². The lowest BCUT2D eigenvalue weighted by Gasteiger charge is -2.58. The van der Waals surface area contributed by atoms with Crippen LogP contribution in [0.3, 0.4) is 0 Å². The molecule has 2 saturated carbocycles. The second-order valence-corrected chi connectivity index (χ2v) is 20.8. The quantitative estimate of drug-likeness (QED) is 0.270. The topological polar surface area (TPSA) is 18.5 Å². The van der Waals surface area contributed by atoms with Crippen LogP contribution < -0.4 is 0 Å². The molecule has 2 fully saturated rings. The summed E-state index contributed by atoms with van der Waals surface area (Å²) < 4.78 is 13.4. The van der Waals surface area contributed by atoms with Gasteiger partial charge in [-0.25, -0.2) is 0 Å². The Kier molecular flexibility index (Phi) is 9.23. The Bertz CT molecular complexity index is 879. The molecule has 0 amide bonds. The van der Waals surface area contributed by atoms with Crippen molar-refractivity contribution in [2.75, 3.05) is 7.11 Å². The molecule has 0 radical (unpaired) electrons. The fourth-order valence-electron chi connectivity index (χ4n) is 9.10. The highest BCUT2D eigenvalue weighted by molar-refractivity contribution is 6.74. The normalized spacial score (nSPS) is 36.9. The first-order valence-corrected chi connectivity index (χ1v) is 19.3. The Morgan fingerprint density at radius 3 is 2.34 bits per heavy atom. The first-order chi connectivity index (χ1) is 17.7. The molecule has 0 aromatic heterocycles. The van der Waals surface area contributed by atoms with Crippen LogP contribution in [-0.4, -0.2) is 27.1 Å². The van der Waals surface area contributed by atoms with Crippen LogP contribution >= 0.6 is 0 Å². The second-order valence-electron chi connectivity index (χ2n) is 16.1. The van der Waals surface area contributed by atoms with E-state index < -0.39 is 8.32 Å². The van der Waals surface area contributed by atoms with Gasteiger partial charge in [0.25, 0.3) is 0 Å². The lowest BCUT2D eigenvalue weighted by molar-refractivity contribution is -0.168. The molecule has 1 unspecified atom stereocenters. The van der Waals surface area contributed by atoms with Gasteiger partial charge in [0.15, 0.2) is 8.32 Å². The van der Waals surface area contributed by atoms with Crippen molar-refractivity contribution < 1.29 is 9.16 Å². The number of ether oxygens (including phenoxy) is 1. The van der Waals surface area contributed by atoms with Gasteiger partial charge in [0, 0.05) is 13.2 Å². The molecule has 4 rings (SSSR count). The van der Waals surface area contributed by atoms with Crippen molar-refractivity contribution in [3.63, 3.8) is 0 Å². The summed E-state index contributed by atoms with van der Waals surface area (Å²) in [4.78, 5) is 0. The lowest BCUT2D eigenvalue weighted by atomic mass is 9.51. The molecule has 2 nitrogen and oxygen atoms in total. The highest BCUT2D eigenvalue weighted by Crippen LogP contribution is 2.66. The molecule has 4 aliphatic carbocycles. The molecule has 0 aromatic rings. The fourth-order valence-corrected chi connectivity index (χ4v) is 10.5. The zero-order valence-corrected chi connectivity index (χ0v) is 27.9. The van der Waals surface area contributed by atoms with E-state index in [0.717, 1.165) is 36.5 Å². The van der Waals surface area contributed by atoms with Crippen LogP contribution in [-0.2, 0) is 9.16 Å². The minimum Gasteiger partial charge on any atom is -0.414 e. The van der Waals surface area contributed by atoms with Gasteiger partial charge in [-0.2, -0.15) is 0 Å². The summed E-state index contributed by atoms with van der Waals surface area (Å²) >= 11 is 0. The zero-order chi connectivity index (χ0) is 27.9. The highest BCUT2D eigenvalue weighted by atomic mass is 28.4. The van der Waals surface area contributed by atoms with Gasteiger partial charge in [-0.15, -0.1) is 0 Å². The standard InChI is InChI=1S/C35H62O2Si/c1-25(2)12-11-13-26(3)31-18-19-32-34(31,7)22-21-29-24-28(20-23-35(29,32)36-8)27-14-16-30(17-15-27)37-38(9,10)33(4,5)6/h14,20,25-26,29-32H,11-13,15-19,21-24H2,1-10H3/t26-,29+,30?,31-,32-,34-,35+/m1/s1. The van der Waals surface area contributed by atoms with E-state index in [9.17, 15) is 0 Å². The number of rotatable bonds is 9. The minimum absolute atomic E-state index is 0.0616. The Labute approximate surface area is 237 Å². The summed E-state index contributed by atoms with van der Waals surface area (Å²) in [5.74, 6) is 3.95. The highest BCUT2D eigenvalue weighted by Gasteiger charge is 2.62. The number of fused-ring (bicyclic) bond motifs is 3. The van der Waals surface area contributed by atoms with E-state index in [2.05, 4.69) is 73.7 Å². The van der Waals surface area contributed by atoms with Gasteiger partial charge in [0.2, 0.25) is 0 Å². The monoisotopic (exact) mass is 542 g/mol. The molecule has 0 spiro atoms. The summed E-state index contributed by atoms with van der Waals surface area (Å²) in [6.45, 7) is 21.8. The maximum absolute atomic E-state index is 6.78. The van der Waals surface area contributed by atoms with E-state index in [-0.39, 0.29) is 10.6 Å². The zero-order valence-electron chi connectivity index (χ0n) is 26.9. The molecule has 218 valence electrons. The predicted octanol–water partition coefficient (Wildman–Crippen LogP) is 10.5. The van der Waals surface area contributed by atoms with E-state index in [1.54, 1.807) is 11.1 Å². The number of hydrogen-bond donors (Lipinski definition) is 0. The summed E-state index contributed by atoms with van der Waals surface area (Å²) in [5.41, 5.74) is 3.79. The molecule has 7 atom stereocenters. The molecule has 0 saturated heterocycles. The molecule has 3 heteroatoms. The van der Waals surface area contributed by atoms with Crippen LogP contribution in [0.25, 0.3) is 0 Å².